The van der Waals surface area contributed by atoms with Crippen LogP contribution in [0.15, 0.2) is 41.0 Å². The summed E-state index contributed by atoms with van der Waals surface area (Å²) in [5, 5.41) is 10.1. The van der Waals surface area contributed by atoms with Gasteiger partial charge in [-0.25, -0.2) is 0 Å². The van der Waals surface area contributed by atoms with Crippen LogP contribution in [0.1, 0.15) is 23.0 Å². The third kappa shape index (κ3) is 2.47. The van der Waals surface area contributed by atoms with Crippen LogP contribution >= 0.6 is 22.6 Å². The highest BCUT2D eigenvalue weighted by atomic mass is 127. The van der Waals surface area contributed by atoms with Crippen molar-refractivity contribution in [2.45, 2.75) is 19.4 Å². The molecule has 84 valence electrons. The minimum Gasteiger partial charge on any atom is -0.469 e. The molecular weight excluding hydrogens is 315 g/mol. The molecule has 1 unspecified atom stereocenters. The van der Waals surface area contributed by atoms with Crippen LogP contribution in [0.3, 0.4) is 0 Å². The Bertz CT molecular complexity index is 463. The Morgan fingerprint density at radius 2 is 2.12 bits per heavy atom. The van der Waals surface area contributed by atoms with Crippen LogP contribution in [0.4, 0.5) is 0 Å². The van der Waals surface area contributed by atoms with Crippen LogP contribution < -0.4 is 0 Å². The third-order valence-electron chi connectivity index (χ3n) is 2.56. The first-order valence-electron chi connectivity index (χ1n) is 5.14. The lowest BCUT2D eigenvalue weighted by atomic mass is 10.0. The Morgan fingerprint density at radius 3 is 2.81 bits per heavy atom. The molecule has 16 heavy (non-hydrogen) atoms. The van der Waals surface area contributed by atoms with Gasteiger partial charge in [0.1, 0.15) is 5.76 Å². The summed E-state index contributed by atoms with van der Waals surface area (Å²) in [5.41, 5.74) is 2.16. The normalized spacial score (nSPS) is 12.7. The van der Waals surface area contributed by atoms with Gasteiger partial charge in [-0.1, -0.05) is 18.2 Å². The molecule has 3 heteroatoms. The summed E-state index contributed by atoms with van der Waals surface area (Å²) in [6, 6.07) is 9.70. The van der Waals surface area contributed by atoms with E-state index < -0.39 is 6.10 Å². The average Bonchev–Trinajstić information content (AvgIpc) is 2.74. The Morgan fingerprint density at radius 1 is 1.31 bits per heavy atom. The number of furan rings is 1. The number of aliphatic hydroxyl groups excluding tert-OH is 1. The van der Waals surface area contributed by atoms with Crippen LogP contribution in [0, 0.1) is 10.5 Å². The van der Waals surface area contributed by atoms with E-state index in [1.165, 1.54) is 5.56 Å². The zero-order valence-corrected chi connectivity index (χ0v) is 11.1. The molecule has 0 bridgehead atoms. The molecule has 2 nitrogen and oxygen atoms in total. The van der Waals surface area contributed by atoms with Crippen molar-refractivity contribution in [1.29, 1.82) is 0 Å². The van der Waals surface area contributed by atoms with Gasteiger partial charge in [-0.15, -0.1) is 0 Å². The van der Waals surface area contributed by atoms with Crippen molar-refractivity contribution in [2.75, 3.05) is 0 Å². The van der Waals surface area contributed by atoms with E-state index in [9.17, 15) is 5.11 Å². The molecule has 0 saturated heterocycles. The molecule has 2 aromatic rings. The molecule has 0 aliphatic heterocycles. The summed E-state index contributed by atoms with van der Waals surface area (Å²) in [7, 11) is 0. The van der Waals surface area contributed by atoms with Gasteiger partial charge in [-0.05, 0) is 52.8 Å². The van der Waals surface area contributed by atoms with Gasteiger partial charge in [0.2, 0.25) is 0 Å². The smallest absolute Gasteiger partial charge is 0.106 e. The van der Waals surface area contributed by atoms with Crippen molar-refractivity contribution in [3.05, 3.63) is 57.1 Å². The number of hydrogen-bond donors (Lipinski definition) is 1. The number of hydrogen-bond acceptors (Lipinski definition) is 2. The first kappa shape index (κ1) is 11.7. The first-order chi connectivity index (χ1) is 7.68. The van der Waals surface area contributed by atoms with E-state index in [-0.39, 0.29) is 0 Å². The van der Waals surface area contributed by atoms with Crippen molar-refractivity contribution in [2.24, 2.45) is 0 Å². The van der Waals surface area contributed by atoms with Crippen molar-refractivity contribution < 1.29 is 9.52 Å². The van der Waals surface area contributed by atoms with Crippen molar-refractivity contribution >= 4 is 22.6 Å². The molecule has 1 atom stereocenters. The van der Waals surface area contributed by atoms with Gasteiger partial charge in [-0.2, -0.15) is 0 Å². The van der Waals surface area contributed by atoms with Crippen LogP contribution in [-0.4, -0.2) is 5.11 Å². The second-order valence-corrected chi connectivity index (χ2v) is 4.86. The Hall–Kier alpha value is -0.810. The molecule has 0 spiro atoms. The molecule has 0 amide bonds. The van der Waals surface area contributed by atoms with Gasteiger partial charge < -0.3 is 9.52 Å². The minimum absolute atomic E-state index is 0.502. The van der Waals surface area contributed by atoms with Crippen molar-refractivity contribution in [3.8, 4) is 0 Å². The molecule has 2 rings (SSSR count). The van der Waals surface area contributed by atoms with Gasteiger partial charge in [0, 0.05) is 9.99 Å². The largest absolute Gasteiger partial charge is 0.469 e. The number of aryl methyl sites for hydroxylation is 1. The lowest BCUT2D eigenvalue weighted by molar-refractivity contribution is 0.169. The fourth-order valence-corrected chi connectivity index (χ4v) is 2.38. The summed E-state index contributed by atoms with van der Waals surface area (Å²) in [6.45, 7) is 2.05. The average molecular weight is 328 g/mol. The van der Waals surface area contributed by atoms with Crippen molar-refractivity contribution in [1.82, 2.24) is 0 Å². The van der Waals surface area contributed by atoms with E-state index in [1.54, 1.807) is 6.26 Å². The maximum absolute atomic E-state index is 10.1. The quantitative estimate of drug-likeness (QED) is 0.876. The summed E-state index contributed by atoms with van der Waals surface area (Å²) in [6.07, 6.45) is 1.65. The van der Waals surface area contributed by atoms with E-state index in [0.717, 1.165) is 14.9 Å². The monoisotopic (exact) mass is 328 g/mol. The first-order valence-corrected chi connectivity index (χ1v) is 6.22. The molecule has 0 fully saturated rings. The molecule has 1 N–H and O–H groups in total. The molecule has 0 saturated carbocycles. The van der Waals surface area contributed by atoms with Crippen LogP contribution in [0.5, 0.6) is 0 Å². The van der Waals surface area contributed by atoms with Gasteiger partial charge >= 0.3 is 0 Å². The summed E-state index contributed by atoms with van der Waals surface area (Å²) < 4.78 is 6.36. The highest BCUT2D eigenvalue weighted by molar-refractivity contribution is 14.1. The maximum atomic E-state index is 10.1. The number of aliphatic hydroxyl groups is 1. The third-order valence-corrected chi connectivity index (χ3v) is 4.03. The topological polar surface area (TPSA) is 33.4 Å². The van der Waals surface area contributed by atoms with Crippen LogP contribution in [0.2, 0.25) is 0 Å². The highest BCUT2D eigenvalue weighted by Gasteiger charge is 2.14. The standard InChI is InChI=1S/C13H13IO2/c1-9-4-2-6-11(13(9)14)12(15)8-10-5-3-7-16-10/h2-7,12,15H,8H2,1H3. The summed E-state index contributed by atoms with van der Waals surface area (Å²) >= 11 is 2.27. The molecule has 0 aliphatic carbocycles. The summed E-state index contributed by atoms with van der Waals surface area (Å²) in [5.74, 6) is 0.810. The van der Waals surface area contributed by atoms with Gasteiger partial charge in [0.05, 0.1) is 12.4 Å². The van der Waals surface area contributed by atoms with E-state index in [1.807, 2.05) is 37.3 Å². The number of benzene rings is 1. The van der Waals surface area contributed by atoms with Gasteiger partial charge in [-0.3, -0.25) is 0 Å². The van der Waals surface area contributed by atoms with E-state index in [4.69, 9.17) is 4.42 Å². The Kier molecular flexibility index (Phi) is 3.66. The second kappa shape index (κ2) is 5.01. The fraction of sp³-hybridized carbons (Fsp3) is 0.231. The van der Waals surface area contributed by atoms with Gasteiger partial charge in [0.15, 0.2) is 0 Å². The summed E-state index contributed by atoms with van der Waals surface area (Å²) in [4.78, 5) is 0. The Balaban J connectivity index is 2.21. The van der Waals surface area contributed by atoms with Crippen LogP contribution in [0.25, 0.3) is 0 Å². The molecule has 1 heterocycles. The van der Waals surface area contributed by atoms with E-state index >= 15 is 0 Å². The van der Waals surface area contributed by atoms with Crippen LogP contribution in [-0.2, 0) is 6.42 Å². The second-order valence-electron chi connectivity index (χ2n) is 3.78. The Labute approximate surface area is 108 Å². The fourth-order valence-electron chi connectivity index (χ4n) is 1.66. The highest BCUT2D eigenvalue weighted by Crippen LogP contribution is 2.25. The van der Waals surface area contributed by atoms with Gasteiger partial charge in [0.25, 0.3) is 0 Å². The molecule has 1 aromatic heterocycles. The number of halogens is 1. The zero-order valence-electron chi connectivity index (χ0n) is 8.98. The predicted molar refractivity (Wildman–Crippen MR) is 71.3 cm³/mol. The van der Waals surface area contributed by atoms with E-state index in [0.29, 0.717) is 6.42 Å². The predicted octanol–water partition coefficient (Wildman–Crippen LogP) is 3.47. The molecule has 1 aromatic carbocycles. The lowest BCUT2D eigenvalue weighted by Gasteiger charge is -2.13. The van der Waals surface area contributed by atoms with E-state index in [2.05, 4.69) is 22.6 Å². The SMILES string of the molecule is Cc1cccc(C(O)Cc2ccco2)c1I. The molecule has 0 radical (unpaired) electrons. The molecular formula is C13H13IO2. The number of rotatable bonds is 3. The van der Waals surface area contributed by atoms with Crippen molar-refractivity contribution in [3.63, 3.8) is 0 Å². The lowest BCUT2D eigenvalue weighted by Crippen LogP contribution is -2.04. The molecule has 0 aliphatic rings. The maximum Gasteiger partial charge on any atom is 0.106 e. The zero-order chi connectivity index (χ0) is 11.5. The minimum atomic E-state index is -0.502.